The van der Waals surface area contributed by atoms with E-state index in [9.17, 15) is 14.4 Å². The molecule has 9 heteroatoms. The Bertz CT molecular complexity index is 1390. The van der Waals surface area contributed by atoms with Gasteiger partial charge in [0.05, 0.1) is 25.3 Å². The number of fused-ring (bicyclic) bond motifs is 1. The van der Waals surface area contributed by atoms with E-state index in [1.165, 1.54) is 7.11 Å². The van der Waals surface area contributed by atoms with E-state index >= 15 is 0 Å². The Balaban J connectivity index is 1.63. The molecule has 0 bridgehead atoms. The first kappa shape index (κ1) is 27.9. The van der Waals surface area contributed by atoms with E-state index in [0.29, 0.717) is 28.6 Å². The Hall–Kier alpha value is -4.17. The van der Waals surface area contributed by atoms with Crippen LogP contribution in [0.3, 0.4) is 0 Å². The minimum Gasteiger partial charge on any atom is -0.484 e. The number of benzene rings is 3. The Morgan fingerprint density at radius 1 is 1.03 bits per heavy atom. The second-order valence-electron chi connectivity index (χ2n) is 9.35. The summed E-state index contributed by atoms with van der Waals surface area (Å²) in [5.41, 5.74) is 3.43. The van der Waals surface area contributed by atoms with E-state index in [0.717, 1.165) is 16.9 Å². The van der Waals surface area contributed by atoms with Gasteiger partial charge in [0.15, 0.2) is 5.90 Å². The summed E-state index contributed by atoms with van der Waals surface area (Å²) in [4.78, 5) is 45.4. The highest BCUT2D eigenvalue weighted by Gasteiger charge is 2.38. The number of nitrogens with zero attached hydrogens (tertiary/aromatic N) is 3. The van der Waals surface area contributed by atoms with Crippen molar-refractivity contribution < 1.29 is 24.2 Å². The van der Waals surface area contributed by atoms with Crippen LogP contribution in [0.25, 0.3) is 0 Å². The van der Waals surface area contributed by atoms with E-state index in [-0.39, 0.29) is 36.7 Å². The highest BCUT2D eigenvalue weighted by atomic mass is 35.5. The zero-order valence-electron chi connectivity index (χ0n) is 22.0. The minimum absolute atomic E-state index is 0.0877. The smallest absolute Gasteiger partial charge is 0.303 e. The molecule has 3 aromatic rings. The number of aliphatic carboxylic acids is 1. The molecule has 2 unspecified atom stereocenters. The van der Waals surface area contributed by atoms with Crippen LogP contribution in [0.5, 0.6) is 0 Å². The number of carboxylic acid groups (broad SMARTS) is 1. The summed E-state index contributed by atoms with van der Waals surface area (Å²) in [5.74, 6) is -0.892. The topological polar surface area (TPSA) is 99.5 Å². The van der Waals surface area contributed by atoms with Gasteiger partial charge < -0.3 is 19.6 Å². The van der Waals surface area contributed by atoms with Crippen LogP contribution in [-0.4, -0.2) is 41.9 Å². The number of rotatable bonds is 7. The lowest BCUT2D eigenvalue weighted by Crippen LogP contribution is -2.47. The number of para-hydroxylation sites is 1. The summed E-state index contributed by atoms with van der Waals surface area (Å²) in [6, 6.07) is 21.2. The number of methoxy groups -OCH3 is 1. The molecule has 202 valence electrons. The van der Waals surface area contributed by atoms with E-state index < -0.39 is 5.97 Å². The van der Waals surface area contributed by atoms with E-state index in [2.05, 4.69) is 4.99 Å². The third-order valence-electron chi connectivity index (χ3n) is 6.69. The number of amides is 2. The van der Waals surface area contributed by atoms with Crippen molar-refractivity contribution in [1.29, 1.82) is 0 Å². The van der Waals surface area contributed by atoms with Gasteiger partial charge in [-0.25, -0.2) is 4.99 Å². The Morgan fingerprint density at radius 2 is 1.69 bits per heavy atom. The van der Waals surface area contributed by atoms with Crippen molar-refractivity contribution in [3.8, 4) is 0 Å². The summed E-state index contributed by atoms with van der Waals surface area (Å²) in [6.45, 7) is 3.52. The molecule has 1 N–H and O–H groups in total. The third kappa shape index (κ3) is 6.29. The maximum absolute atomic E-state index is 13.8. The van der Waals surface area contributed by atoms with Crippen molar-refractivity contribution >= 4 is 52.3 Å². The molecular formula is C30H30ClN3O5. The molecule has 1 aliphatic heterocycles. The fraction of sp³-hybridized carbons (Fsp3) is 0.267. The van der Waals surface area contributed by atoms with Crippen molar-refractivity contribution in [1.82, 2.24) is 0 Å². The molecule has 0 aliphatic carbocycles. The lowest BCUT2D eigenvalue weighted by molar-refractivity contribution is -0.136. The van der Waals surface area contributed by atoms with E-state index in [1.807, 2.05) is 43.3 Å². The molecule has 3 aromatic carbocycles. The largest absolute Gasteiger partial charge is 0.484 e. The average Bonchev–Trinajstić information content (AvgIpc) is 2.92. The van der Waals surface area contributed by atoms with Gasteiger partial charge in [-0.05, 0) is 73.5 Å². The van der Waals surface area contributed by atoms with Crippen molar-refractivity contribution in [2.45, 2.75) is 45.2 Å². The highest BCUT2D eigenvalue weighted by molar-refractivity contribution is 6.30. The molecule has 2 atom stereocenters. The van der Waals surface area contributed by atoms with Crippen LogP contribution in [-0.2, 0) is 14.3 Å². The molecule has 0 saturated carbocycles. The van der Waals surface area contributed by atoms with Crippen LogP contribution in [0, 0.1) is 0 Å². The molecule has 4 rings (SSSR count). The maximum atomic E-state index is 13.8. The number of carbonyl (C=O) groups is 3. The molecular weight excluding hydrogens is 518 g/mol. The summed E-state index contributed by atoms with van der Waals surface area (Å²) in [6.07, 6.45) is 0.632. The van der Waals surface area contributed by atoms with Crippen molar-refractivity contribution in [3.05, 3.63) is 88.9 Å². The number of carbonyl (C=O) groups excluding carboxylic acids is 2. The van der Waals surface area contributed by atoms with Gasteiger partial charge in [0.1, 0.15) is 0 Å². The number of ether oxygens (including phenoxy) is 1. The molecule has 1 heterocycles. The van der Waals surface area contributed by atoms with Gasteiger partial charge in [-0.15, -0.1) is 0 Å². The molecule has 0 fully saturated rings. The first-order valence-corrected chi connectivity index (χ1v) is 13.0. The second kappa shape index (κ2) is 12.1. The maximum Gasteiger partial charge on any atom is 0.303 e. The number of anilines is 2. The number of carboxylic acids is 1. The van der Waals surface area contributed by atoms with Gasteiger partial charge >= 0.3 is 5.97 Å². The minimum atomic E-state index is -0.932. The molecule has 0 saturated heterocycles. The lowest BCUT2D eigenvalue weighted by Gasteiger charge is -2.43. The lowest BCUT2D eigenvalue weighted by atomic mass is 9.89. The Labute approximate surface area is 232 Å². The first-order chi connectivity index (χ1) is 18.7. The molecule has 1 aliphatic rings. The number of hydrogen-bond acceptors (Lipinski definition) is 5. The Kier molecular flexibility index (Phi) is 8.66. The predicted octanol–water partition coefficient (Wildman–Crippen LogP) is 6.41. The van der Waals surface area contributed by atoms with Crippen molar-refractivity contribution in [2.75, 3.05) is 16.9 Å². The monoisotopic (exact) mass is 547 g/mol. The van der Waals surface area contributed by atoms with Crippen LogP contribution < -0.4 is 9.80 Å². The van der Waals surface area contributed by atoms with Gasteiger partial charge in [-0.1, -0.05) is 29.8 Å². The zero-order chi connectivity index (χ0) is 28.1. The van der Waals surface area contributed by atoms with Crippen molar-refractivity contribution in [3.63, 3.8) is 0 Å². The van der Waals surface area contributed by atoms with Crippen LogP contribution in [0.1, 0.15) is 55.1 Å². The van der Waals surface area contributed by atoms with Crippen LogP contribution in [0.4, 0.5) is 17.1 Å². The van der Waals surface area contributed by atoms with Gasteiger partial charge in [0.2, 0.25) is 5.91 Å². The van der Waals surface area contributed by atoms with E-state index in [1.54, 1.807) is 53.1 Å². The van der Waals surface area contributed by atoms with Crippen LogP contribution >= 0.6 is 11.6 Å². The molecule has 0 radical (unpaired) electrons. The first-order valence-electron chi connectivity index (χ1n) is 12.6. The summed E-state index contributed by atoms with van der Waals surface area (Å²) >= 11 is 6.08. The van der Waals surface area contributed by atoms with E-state index in [4.69, 9.17) is 21.4 Å². The summed E-state index contributed by atoms with van der Waals surface area (Å²) < 4.78 is 5.19. The fourth-order valence-corrected chi connectivity index (χ4v) is 5.02. The average molecular weight is 548 g/mol. The molecule has 0 aromatic heterocycles. The molecule has 0 spiro atoms. The van der Waals surface area contributed by atoms with Gasteiger partial charge in [0, 0.05) is 41.3 Å². The van der Waals surface area contributed by atoms with Gasteiger partial charge in [-0.3, -0.25) is 14.4 Å². The third-order valence-corrected chi connectivity index (χ3v) is 6.94. The second-order valence-corrected chi connectivity index (χ2v) is 9.79. The predicted molar refractivity (Wildman–Crippen MR) is 152 cm³/mol. The highest BCUT2D eigenvalue weighted by Crippen LogP contribution is 2.43. The van der Waals surface area contributed by atoms with Gasteiger partial charge in [-0.2, -0.15) is 0 Å². The Morgan fingerprint density at radius 3 is 2.31 bits per heavy atom. The fourth-order valence-electron chi connectivity index (χ4n) is 4.90. The standard InChI is InChI=1S/C30H30ClN3O5/c1-19-18-27(34(20(2)35)24-14-10-22(31)11-15-24)25-6-4-5-7-26(25)33(19)30(38)21-8-12-23(13-9-21)32-28(39-3)16-17-29(36)37/h4-15,19,27H,16-18H2,1-3H3,(H,36,37). The SMILES string of the molecule is COC(CCC(=O)O)=Nc1ccc(C(=O)N2c3ccccc3C(N(C(C)=O)c3ccc(Cl)cc3)CC2C)cc1. The van der Waals surface area contributed by atoms with Crippen LogP contribution in [0.2, 0.25) is 5.02 Å². The molecule has 8 nitrogen and oxygen atoms in total. The summed E-state index contributed by atoms with van der Waals surface area (Å²) in [7, 11) is 1.45. The zero-order valence-corrected chi connectivity index (χ0v) is 22.8. The number of hydrogen-bond donors (Lipinski definition) is 1. The molecule has 2 amide bonds. The van der Waals surface area contributed by atoms with Crippen molar-refractivity contribution in [2.24, 2.45) is 4.99 Å². The molecule has 39 heavy (non-hydrogen) atoms. The normalized spacial score (nSPS) is 16.8. The van der Waals surface area contributed by atoms with Gasteiger partial charge in [0.25, 0.3) is 5.91 Å². The number of aliphatic imine (C=N–C) groups is 1. The van der Waals surface area contributed by atoms with Crippen LogP contribution in [0.15, 0.2) is 77.8 Å². The quantitative estimate of drug-likeness (QED) is 0.272. The number of halogens is 1. The summed E-state index contributed by atoms with van der Waals surface area (Å²) in [5, 5.41) is 9.49.